The Hall–Kier alpha value is -2.66. The van der Waals surface area contributed by atoms with Gasteiger partial charge in [0.1, 0.15) is 0 Å². The van der Waals surface area contributed by atoms with E-state index in [1.807, 2.05) is 40.1 Å². The number of amides is 2. The van der Waals surface area contributed by atoms with Gasteiger partial charge in [-0.3, -0.25) is 9.59 Å². The number of carbonyl (C=O) groups is 2. The number of nitrogens with two attached hydrogens (primary N) is 1. The van der Waals surface area contributed by atoms with E-state index in [4.69, 9.17) is 5.73 Å². The Kier molecular flexibility index (Phi) is 5.95. The van der Waals surface area contributed by atoms with Gasteiger partial charge in [-0.15, -0.1) is 0 Å². The van der Waals surface area contributed by atoms with E-state index >= 15 is 0 Å². The van der Waals surface area contributed by atoms with Crippen molar-refractivity contribution in [3.8, 4) is 0 Å². The summed E-state index contributed by atoms with van der Waals surface area (Å²) in [5.74, 6) is 0.502. The van der Waals surface area contributed by atoms with Crippen molar-refractivity contribution in [2.24, 2.45) is 5.73 Å². The fraction of sp³-hybridized carbons (Fsp3) is 0.417. The molecule has 2 fully saturated rings. The Morgan fingerprint density at radius 1 is 1.07 bits per heavy atom. The number of carbonyl (C=O) groups excluding carboxylic acids is 2. The van der Waals surface area contributed by atoms with Crippen molar-refractivity contribution in [1.29, 1.82) is 0 Å². The summed E-state index contributed by atoms with van der Waals surface area (Å²) >= 11 is 0. The third kappa shape index (κ3) is 4.06. The second-order valence-electron chi connectivity index (χ2n) is 8.09. The zero-order chi connectivity index (χ0) is 20.2. The lowest BCUT2D eigenvalue weighted by molar-refractivity contribution is -0.119. The van der Waals surface area contributed by atoms with Gasteiger partial charge in [-0.2, -0.15) is 0 Å². The number of hydrogen-bond donors (Lipinski definition) is 1. The number of benzene rings is 2. The van der Waals surface area contributed by atoms with E-state index in [1.165, 1.54) is 5.56 Å². The Labute approximate surface area is 172 Å². The molecule has 2 atom stereocenters. The smallest absolute Gasteiger partial charge is 0.226 e. The lowest BCUT2D eigenvalue weighted by Crippen LogP contribution is -2.36. The molecule has 0 bridgehead atoms. The van der Waals surface area contributed by atoms with Gasteiger partial charge in [0.2, 0.25) is 12.3 Å². The van der Waals surface area contributed by atoms with Gasteiger partial charge < -0.3 is 15.5 Å². The standard InChI is InChI=1S/C24H29N3O2/c25-16-18-5-3-6-19(15-18)22-7-4-8-23(22)27(17-28)21-12-10-20(11-13-21)26-14-2-1-9-24(26)29/h3,5-6,10-13,15,17,22-23H,1-2,4,7-9,14,16,25H2. The van der Waals surface area contributed by atoms with Crippen LogP contribution in [-0.2, 0) is 16.1 Å². The second-order valence-corrected chi connectivity index (χ2v) is 8.09. The Balaban J connectivity index is 1.56. The van der Waals surface area contributed by atoms with Gasteiger partial charge >= 0.3 is 0 Å². The van der Waals surface area contributed by atoms with Crippen molar-refractivity contribution >= 4 is 23.7 Å². The summed E-state index contributed by atoms with van der Waals surface area (Å²) in [6.45, 7) is 1.30. The van der Waals surface area contributed by atoms with Gasteiger partial charge in [-0.1, -0.05) is 30.7 Å². The molecule has 4 rings (SSSR count). The minimum atomic E-state index is 0.142. The van der Waals surface area contributed by atoms with E-state index in [1.54, 1.807) is 0 Å². The summed E-state index contributed by atoms with van der Waals surface area (Å²) in [6.07, 6.45) is 6.75. The summed E-state index contributed by atoms with van der Waals surface area (Å²) in [5.41, 5.74) is 10.0. The van der Waals surface area contributed by atoms with Crippen LogP contribution in [0.15, 0.2) is 48.5 Å². The lowest BCUT2D eigenvalue weighted by atomic mass is 9.91. The van der Waals surface area contributed by atoms with Crippen molar-refractivity contribution < 1.29 is 9.59 Å². The first-order chi connectivity index (χ1) is 14.2. The first-order valence-electron chi connectivity index (χ1n) is 10.6. The number of hydrogen-bond acceptors (Lipinski definition) is 3. The molecule has 5 heteroatoms. The summed E-state index contributed by atoms with van der Waals surface area (Å²) < 4.78 is 0. The molecule has 1 aliphatic carbocycles. The van der Waals surface area contributed by atoms with Gasteiger partial charge in [0.05, 0.1) is 0 Å². The average Bonchev–Trinajstić information content (AvgIpc) is 3.25. The highest BCUT2D eigenvalue weighted by Crippen LogP contribution is 2.39. The molecule has 0 spiro atoms. The van der Waals surface area contributed by atoms with E-state index in [9.17, 15) is 9.59 Å². The molecular weight excluding hydrogens is 362 g/mol. The van der Waals surface area contributed by atoms with E-state index in [0.717, 1.165) is 62.0 Å². The first kappa shape index (κ1) is 19.6. The summed E-state index contributed by atoms with van der Waals surface area (Å²) in [5, 5.41) is 0. The maximum absolute atomic E-state index is 12.2. The van der Waals surface area contributed by atoms with Crippen LogP contribution >= 0.6 is 0 Å². The van der Waals surface area contributed by atoms with Gasteiger partial charge in [-0.25, -0.2) is 0 Å². The van der Waals surface area contributed by atoms with Crippen LogP contribution in [0.25, 0.3) is 0 Å². The highest BCUT2D eigenvalue weighted by atomic mass is 16.2. The SMILES string of the molecule is NCc1cccc(C2CCCC2N(C=O)c2ccc(N3CCCCC3=O)cc2)c1. The highest BCUT2D eigenvalue weighted by Gasteiger charge is 2.33. The fourth-order valence-corrected chi connectivity index (χ4v) is 4.83. The zero-order valence-electron chi connectivity index (χ0n) is 16.8. The predicted octanol–water partition coefficient (Wildman–Crippen LogP) is 3.96. The fourth-order valence-electron chi connectivity index (χ4n) is 4.83. The van der Waals surface area contributed by atoms with Crippen molar-refractivity contribution in [2.75, 3.05) is 16.3 Å². The Morgan fingerprint density at radius 3 is 2.62 bits per heavy atom. The van der Waals surface area contributed by atoms with Crippen molar-refractivity contribution in [2.45, 2.75) is 57.0 Å². The van der Waals surface area contributed by atoms with Crippen LogP contribution in [0.2, 0.25) is 0 Å². The van der Waals surface area contributed by atoms with E-state index in [2.05, 4.69) is 18.2 Å². The molecule has 1 aliphatic heterocycles. The van der Waals surface area contributed by atoms with E-state index in [0.29, 0.717) is 18.9 Å². The molecule has 29 heavy (non-hydrogen) atoms. The molecule has 152 valence electrons. The van der Waals surface area contributed by atoms with Gasteiger partial charge in [0.25, 0.3) is 0 Å². The monoisotopic (exact) mass is 391 g/mol. The first-order valence-corrected chi connectivity index (χ1v) is 10.6. The largest absolute Gasteiger partial charge is 0.326 e. The molecule has 2 amide bonds. The lowest BCUT2D eigenvalue weighted by Gasteiger charge is -2.31. The van der Waals surface area contributed by atoms with Gasteiger partial charge in [-0.05, 0) is 61.1 Å². The van der Waals surface area contributed by atoms with E-state index in [-0.39, 0.29) is 11.9 Å². The van der Waals surface area contributed by atoms with Crippen LogP contribution in [0.1, 0.15) is 55.6 Å². The molecule has 5 nitrogen and oxygen atoms in total. The number of rotatable bonds is 6. The molecule has 2 aromatic carbocycles. The van der Waals surface area contributed by atoms with Crippen LogP contribution in [0.3, 0.4) is 0 Å². The number of anilines is 2. The molecule has 1 heterocycles. The number of piperidine rings is 1. The molecule has 2 unspecified atom stereocenters. The summed E-state index contributed by atoms with van der Waals surface area (Å²) in [7, 11) is 0. The Bertz CT molecular complexity index is 865. The van der Waals surface area contributed by atoms with Crippen molar-refractivity contribution in [1.82, 2.24) is 0 Å². The molecule has 2 aromatic rings. The summed E-state index contributed by atoms with van der Waals surface area (Å²) in [4.78, 5) is 28.0. The third-order valence-electron chi connectivity index (χ3n) is 6.35. The van der Waals surface area contributed by atoms with Crippen LogP contribution in [-0.4, -0.2) is 24.9 Å². The minimum Gasteiger partial charge on any atom is -0.326 e. The average molecular weight is 392 g/mol. The van der Waals surface area contributed by atoms with Crippen LogP contribution < -0.4 is 15.5 Å². The number of nitrogens with zero attached hydrogens (tertiary/aromatic N) is 2. The molecule has 0 aromatic heterocycles. The molecule has 2 aliphatic rings. The van der Waals surface area contributed by atoms with Crippen LogP contribution in [0, 0.1) is 0 Å². The minimum absolute atomic E-state index is 0.142. The quantitative estimate of drug-likeness (QED) is 0.758. The molecule has 1 saturated carbocycles. The highest BCUT2D eigenvalue weighted by molar-refractivity contribution is 5.94. The Morgan fingerprint density at radius 2 is 1.90 bits per heavy atom. The summed E-state index contributed by atoms with van der Waals surface area (Å²) in [6, 6.07) is 16.4. The second kappa shape index (κ2) is 8.78. The topological polar surface area (TPSA) is 66.6 Å². The van der Waals surface area contributed by atoms with Crippen LogP contribution in [0.5, 0.6) is 0 Å². The maximum atomic E-state index is 12.2. The van der Waals surface area contributed by atoms with Crippen molar-refractivity contribution in [3.05, 3.63) is 59.7 Å². The normalized spacial score (nSPS) is 22.0. The molecule has 1 saturated heterocycles. The predicted molar refractivity (Wildman–Crippen MR) is 116 cm³/mol. The van der Waals surface area contributed by atoms with Gasteiger partial charge in [0, 0.05) is 42.8 Å². The van der Waals surface area contributed by atoms with Crippen molar-refractivity contribution in [3.63, 3.8) is 0 Å². The zero-order valence-corrected chi connectivity index (χ0v) is 16.8. The third-order valence-corrected chi connectivity index (χ3v) is 6.35. The van der Waals surface area contributed by atoms with E-state index < -0.39 is 0 Å². The molecule has 2 N–H and O–H groups in total. The van der Waals surface area contributed by atoms with Crippen LogP contribution in [0.4, 0.5) is 11.4 Å². The molecule has 0 radical (unpaired) electrons. The maximum Gasteiger partial charge on any atom is 0.226 e. The molecular formula is C24H29N3O2. The van der Waals surface area contributed by atoms with Gasteiger partial charge in [0.15, 0.2) is 0 Å².